The minimum atomic E-state index is -4.38. The van der Waals surface area contributed by atoms with E-state index in [1.807, 2.05) is 0 Å². The van der Waals surface area contributed by atoms with Crippen molar-refractivity contribution in [1.82, 2.24) is 9.80 Å². The number of carbonyl (C=O) groups excluding carboxylic acids is 3. The summed E-state index contributed by atoms with van der Waals surface area (Å²) in [6.45, 7) is 0.247. The standard InChI is InChI=1S/C16H15F3N2O4/c17-16(18,19)11-4-1-10(2-5-11)3-6-13(22)20-7-12(8-20)21-14(23)9-25-15(21)24/h1-2,4-5,12H,3,6-9H2. The molecule has 0 aliphatic carbocycles. The van der Waals surface area contributed by atoms with E-state index in [1.165, 1.54) is 17.0 Å². The quantitative estimate of drug-likeness (QED) is 0.826. The number of alkyl halides is 3. The number of nitrogens with zero attached hydrogens (tertiary/aromatic N) is 2. The average molecular weight is 356 g/mol. The molecule has 25 heavy (non-hydrogen) atoms. The van der Waals surface area contributed by atoms with Gasteiger partial charge in [0.1, 0.15) is 0 Å². The van der Waals surface area contributed by atoms with E-state index in [4.69, 9.17) is 0 Å². The first kappa shape index (κ1) is 17.2. The van der Waals surface area contributed by atoms with E-state index in [1.54, 1.807) is 0 Å². The first-order valence-electron chi connectivity index (χ1n) is 7.68. The molecule has 0 bridgehead atoms. The third-order valence-electron chi connectivity index (χ3n) is 4.27. The van der Waals surface area contributed by atoms with E-state index in [0.29, 0.717) is 12.0 Å². The van der Waals surface area contributed by atoms with Crippen LogP contribution < -0.4 is 0 Å². The molecule has 1 aromatic rings. The van der Waals surface area contributed by atoms with Crippen molar-refractivity contribution < 1.29 is 32.3 Å². The topological polar surface area (TPSA) is 66.9 Å². The van der Waals surface area contributed by atoms with Gasteiger partial charge in [-0.3, -0.25) is 9.59 Å². The molecule has 2 saturated heterocycles. The van der Waals surface area contributed by atoms with Crippen molar-refractivity contribution in [3.63, 3.8) is 0 Å². The van der Waals surface area contributed by atoms with Crippen LogP contribution in [0.2, 0.25) is 0 Å². The number of benzene rings is 1. The van der Waals surface area contributed by atoms with Gasteiger partial charge in [-0.1, -0.05) is 12.1 Å². The van der Waals surface area contributed by atoms with Crippen molar-refractivity contribution in [1.29, 1.82) is 0 Å². The summed E-state index contributed by atoms with van der Waals surface area (Å²) in [7, 11) is 0. The third-order valence-corrected chi connectivity index (χ3v) is 4.27. The SMILES string of the molecule is O=C(CCc1ccc(C(F)(F)F)cc1)N1CC(N2C(=O)COC2=O)C1. The molecule has 0 atom stereocenters. The summed E-state index contributed by atoms with van der Waals surface area (Å²) in [6, 6.07) is 4.33. The number of amides is 3. The van der Waals surface area contributed by atoms with Gasteiger partial charge >= 0.3 is 12.3 Å². The molecule has 3 rings (SSSR count). The Balaban J connectivity index is 1.46. The molecule has 2 aliphatic rings. The monoisotopic (exact) mass is 356 g/mol. The Morgan fingerprint density at radius 2 is 1.80 bits per heavy atom. The molecule has 0 radical (unpaired) electrons. The van der Waals surface area contributed by atoms with Gasteiger partial charge in [0.25, 0.3) is 5.91 Å². The number of cyclic esters (lactones) is 1. The van der Waals surface area contributed by atoms with Crippen LogP contribution in [-0.4, -0.2) is 53.4 Å². The van der Waals surface area contributed by atoms with Gasteiger partial charge in [-0.25, -0.2) is 9.69 Å². The highest BCUT2D eigenvalue weighted by atomic mass is 19.4. The maximum Gasteiger partial charge on any atom is 0.417 e. The van der Waals surface area contributed by atoms with E-state index in [-0.39, 0.29) is 38.1 Å². The predicted octanol–water partition coefficient (Wildman–Crippen LogP) is 1.83. The Morgan fingerprint density at radius 1 is 1.16 bits per heavy atom. The summed E-state index contributed by atoms with van der Waals surface area (Å²) in [5, 5.41) is 0. The van der Waals surface area contributed by atoms with Crippen LogP contribution in [0.3, 0.4) is 0 Å². The van der Waals surface area contributed by atoms with E-state index < -0.39 is 23.7 Å². The largest absolute Gasteiger partial charge is 0.439 e. The second kappa shape index (κ2) is 6.38. The van der Waals surface area contributed by atoms with Crippen molar-refractivity contribution in [3.05, 3.63) is 35.4 Å². The zero-order chi connectivity index (χ0) is 18.2. The molecule has 3 amide bonds. The molecule has 0 saturated carbocycles. The average Bonchev–Trinajstić information content (AvgIpc) is 2.83. The summed E-state index contributed by atoms with van der Waals surface area (Å²) >= 11 is 0. The van der Waals surface area contributed by atoms with Gasteiger partial charge in [0.15, 0.2) is 6.61 Å². The third kappa shape index (κ3) is 3.59. The maximum atomic E-state index is 12.5. The van der Waals surface area contributed by atoms with Gasteiger partial charge in [0, 0.05) is 19.5 Å². The van der Waals surface area contributed by atoms with Gasteiger partial charge in [-0.2, -0.15) is 13.2 Å². The second-order valence-electron chi connectivity index (χ2n) is 5.97. The van der Waals surface area contributed by atoms with Gasteiger partial charge in [-0.05, 0) is 24.1 Å². The van der Waals surface area contributed by atoms with Gasteiger partial charge in [-0.15, -0.1) is 0 Å². The molecule has 2 fully saturated rings. The molecular formula is C16H15F3N2O4. The highest BCUT2D eigenvalue weighted by Crippen LogP contribution is 2.29. The summed E-state index contributed by atoms with van der Waals surface area (Å²) in [5.74, 6) is -0.581. The van der Waals surface area contributed by atoms with Crippen molar-refractivity contribution in [2.75, 3.05) is 19.7 Å². The van der Waals surface area contributed by atoms with Crippen molar-refractivity contribution >= 4 is 17.9 Å². The molecule has 2 aliphatic heterocycles. The Kier molecular flexibility index (Phi) is 4.40. The second-order valence-corrected chi connectivity index (χ2v) is 5.97. The number of aryl methyl sites for hydroxylation is 1. The summed E-state index contributed by atoms with van der Waals surface area (Å²) < 4.78 is 42.1. The van der Waals surface area contributed by atoms with Crippen LogP contribution in [0, 0.1) is 0 Å². The molecule has 0 spiro atoms. The fraction of sp³-hybridized carbons (Fsp3) is 0.438. The van der Waals surface area contributed by atoms with Crippen LogP contribution >= 0.6 is 0 Å². The summed E-state index contributed by atoms with van der Waals surface area (Å²) in [5.41, 5.74) is -0.0907. The predicted molar refractivity (Wildman–Crippen MR) is 78.3 cm³/mol. The molecule has 6 nitrogen and oxygen atoms in total. The van der Waals surface area contributed by atoms with Crippen LogP contribution in [-0.2, 0) is 26.9 Å². The first-order chi connectivity index (χ1) is 11.8. The Hall–Kier alpha value is -2.58. The smallest absolute Gasteiger partial charge is 0.417 e. The van der Waals surface area contributed by atoms with Crippen molar-refractivity contribution in [2.24, 2.45) is 0 Å². The van der Waals surface area contributed by atoms with Gasteiger partial charge < -0.3 is 9.64 Å². The fourth-order valence-electron chi connectivity index (χ4n) is 2.81. The van der Waals surface area contributed by atoms with Gasteiger partial charge in [0.2, 0.25) is 5.91 Å². The molecular weight excluding hydrogens is 341 g/mol. The minimum absolute atomic E-state index is 0.149. The van der Waals surface area contributed by atoms with Gasteiger partial charge in [0.05, 0.1) is 11.6 Å². The summed E-state index contributed by atoms with van der Waals surface area (Å²) in [6.07, 6.45) is -4.60. The molecule has 0 aromatic heterocycles. The lowest BCUT2D eigenvalue weighted by Crippen LogP contribution is -2.62. The van der Waals surface area contributed by atoms with E-state index in [2.05, 4.69) is 4.74 Å². The molecule has 2 heterocycles. The number of ether oxygens (including phenoxy) is 1. The molecule has 0 N–H and O–H groups in total. The zero-order valence-electron chi connectivity index (χ0n) is 13.1. The Morgan fingerprint density at radius 3 is 2.32 bits per heavy atom. The van der Waals surface area contributed by atoms with Crippen LogP contribution in [0.5, 0.6) is 0 Å². The zero-order valence-corrected chi connectivity index (χ0v) is 13.1. The fourth-order valence-corrected chi connectivity index (χ4v) is 2.81. The van der Waals surface area contributed by atoms with E-state index in [9.17, 15) is 27.6 Å². The lowest BCUT2D eigenvalue weighted by atomic mass is 10.0. The number of carbonyl (C=O) groups is 3. The van der Waals surface area contributed by atoms with Crippen LogP contribution in [0.1, 0.15) is 17.5 Å². The first-order valence-corrected chi connectivity index (χ1v) is 7.68. The Labute approximate surface area is 141 Å². The van der Waals surface area contributed by atoms with E-state index >= 15 is 0 Å². The molecule has 9 heteroatoms. The van der Waals surface area contributed by atoms with Crippen LogP contribution in [0.15, 0.2) is 24.3 Å². The highest BCUT2D eigenvalue weighted by Gasteiger charge is 2.44. The maximum absolute atomic E-state index is 12.5. The number of halogens is 3. The lowest BCUT2D eigenvalue weighted by molar-refractivity contribution is -0.142. The number of imide groups is 1. The van der Waals surface area contributed by atoms with Crippen molar-refractivity contribution in [3.8, 4) is 0 Å². The number of rotatable bonds is 4. The molecule has 1 aromatic carbocycles. The normalized spacial score (nSPS) is 18.4. The molecule has 134 valence electrons. The lowest BCUT2D eigenvalue weighted by Gasteiger charge is -2.42. The number of hydrogen-bond donors (Lipinski definition) is 0. The summed E-state index contributed by atoms with van der Waals surface area (Å²) in [4.78, 5) is 37.5. The molecule has 0 unspecified atom stereocenters. The highest BCUT2D eigenvalue weighted by molar-refractivity contribution is 5.98. The van der Waals surface area contributed by atoms with Crippen LogP contribution in [0.4, 0.5) is 18.0 Å². The number of likely N-dealkylation sites (tertiary alicyclic amines) is 1. The van der Waals surface area contributed by atoms with Crippen molar-refractivity contribution in [2.45, 2.75) is 25.1 Å². The Bertz CT molecular complexity index is 680. The van der Waals surface area contributed by atoms with E-state index in [0.717, 1.165) is 17.0 Å². The minimum Gasteiger partial charge on any atom is -0.439 e. The number of hydrogen-bond acceptors (Lipinski definition) is 4. The van der Waals surface area contributed by atoms with Crippen LogP contribution in [0.25, 0.3) is 0 Å².